The number of rotatable bonds is 10. The Hall–Kier alpha value is -1.57. The highest BCUT2D eigenvalue weighted by Crippen LogP contribution is 2.31. The fraction of sp³-hybridized carbons (Fsp3) is 0.762. The van der Waals surface area contributed by atoms with Gasteiger partial charge >= 0.3 is 0 Å². The summed E-state index contributed by atoms with van der Waals surface area (Å²) in [4.78, 5) is 7.61. The van der Waals surface area contributed by atoms with E-state index in [1.807, 2.05) is 12.1 Å². The second-order valence-corrected chi connectivity index (χ2v) is 7.64. The van der Waals surface area contributed by atoms with Crippen LogP contribution in [0.15, 0.2) is 27.8 Å². The van der Waals surface area contributed by atoms with E-state index in [4.69, 9.17) is 18.9 Å². The molecule has 0 radical (unpaired) electrons. The molecule has 7 nitrogen and oxygen atoms in total. The number of aliphatic imine (C=N–C) groups is 1. The van der Waals surface area contributed by atoms with E-state index in [0.717, 1.165) is 63.8 Å². The van der Waals surface area contributed by atoms with Gasteiger partial charge in [-0.1, -0.05) is 0 Å². The maximum atomic E-state index is 5.64. The smallest absolute Gasteiger partial charge is 0.191 e. The van der Waals surface area contributed by atoms with Crippen molar-refractivity contribution in [2.45, 2.75) is 51.2 Å². The fourth-order valence-corrected chi connectivity index (χ4v) is 4.03. The minimum Gasteiger partial charge on any atom is -0.467 e. The van der Waals surface area contributed by atoms with Crippen LogP contribution in [0.4, 0.5) is 0 Å². The molecule has 2 N–H and O–H groups in total. The molecule has 2 saturated heterocycles. The third kappa shape index (κ3) is 6.22. The Labute approximate surface area is 168 Å². The highest BCUT2D eigenvalue weighted by atomic mass is 16.5. The van der Waals surface area contributed by atoms with Crippen molar-refractivity contribution in [3.05, 3.63) is 24.2 Å². The molecule has 0 atom stereocenters. The van der Waals surface area contributed by atoms with Crippen LogP contribution in [0.3, 0.4) is 0 Å². The van der Waals surface area contributed by atoms with Crippen molar-refractivity contribution in [3.8, 4) is 0 Å². The number of hydrogen-bond acceptors (Lipinski definition) is 5. The third-order valence-corrected chi connectivity index (χ3v) is 5.66. The molecule has 0 saturated carbocycles. The Balaban J connectivity index is 1.44. The first-order chi connectivity index (χ1) is 13.8. The summed E-state index contributed by atoms with van der Waals surface area (Å²) >= 11 is 0. The topological polar surface area (TPSA) is 71.3 Å². The minimum absolute atomic E-state index is 0.170. The first-order valence-corrected chi connectivity index (χ1v) is 10.8. The second kappa shape index (κ2) is 11.4. The zero-order valence-electron chi connectivity index (χ0n) is 17.3. The van der Waals surface area contributed by atoms with Crippen molar-refractivity contribution in [1.82, 2.24) is 15.5 Å². The second-order valence-electron chi connectivity index (χ2n) is 7.64. The van der Waals surface area contributed by atoms with Crippen molar-refractivity contribution in [2.75, 3.05) is 52.5 Å². The molecule has 3 heterocycles. The maximum Gasteiger partial charge on any atom is 0.191 e. The van der Waals surface area contributed by atoms with Gasteiger partial charge in [0.2, 0.25) is 0 Å². The largest absolute Gasteiger partial charge is 0.467 e. The Morgan fingerprint density at radius 2 is 2.07 bits per heavy atom. The molecule has 0 spiro atoms. The van der Waals surface area contributed by atoms with E-state index in [0.29, 0.717) is 13.2 Å². The normalized spacial score (nSPS) is 20.4. The molecule has 2 aliphatic heterocycles. The van der Waals surface area contributed by atoms with E-state index in [1.165, 1.54) is 25.9 Å². The van der Waals surface area contributed by atoms with Crippen LogP contribution in [-0.4, -0.2) is 68.9 Å². The van der Waals surface area contributed by atoms with Crippen LogP contribution >= 0.6 is 0 Å². The number of hydrogen-bond donors (Lipinski definition) is 2. The predicted molar refractivity (Wildman–Crippen MR) is 111 cm³/mol. The van der Waals surface area contributed by atoms with Gasteiger partial charge in [0.15, 0.2) is 5.96 Å². The number of nitrogens with one attached hydrogen (secondary N) is 2. The zero-order chi connectivity index (χ0) is 19.5. The number of ether oxygens (including phenoxy) is 2. The zero-order valence-corrected chi connectivity index (χ0v) is 17.3. The summed E-state index contributed by atoms with van der Waals surface area (Å²) in [5, 5.41) is 6.82. The van der Waals surface area contributed by atoms with Crippen molar-refractivity contribution in [2.24, 2.45) is 4.99 Å². The molecule has 0 aromatic carbocycles. The van der Waals surface area contributed by atoms with Crippen LogP contribution in [0.25, 0.3) is 0 Å². The summed E-state index contributed by atoms with van der Waals surface area (Å²) in [6.07, 6.45) is 7.38. The van der Waals surface area contributed by atoms with Gasteiger partial charge in [-0.15, -0.1) is 0 Å². The molecule has 0 bridgehead atoms. The van der Waals surface area contributed by atoms with Crippen molar-refractivity contribution in [3.63, 3.8) is 0 Å². The van der Waals surface area contributed by atoms with Gasteiger partial charge in [0, 0.05) is 38.4 Å². The number of nitrogens with zero attached hydrogens (tertiary/aromatic N) is 2. The molecule has 2 aliphatic rings. The molecule has 7 heteroatoms. The molecule has 0 unspecified atom stereocenters. The van der Waals surface area contributed by atoms with Gasteiger partial charge in [0.25, 0.3) is 0 Å². The molecule has 3 rings (SSSR count). The summed E-state index contributed by atoms with van der Waals surface area (Å²) in [5.74, 6) is 1.77. The van der Waals surface area contributed by atoms with Crippen molar-refractivity contribution < 1.29 is 13.9 Å². The standard InChI is InChI=1S/C21H36N4O3/c1-2-22-20(23-10-6-13-27-17-19-7-5-14-28-19)24-18-21(8-15-26-16-9-21)25-11-3-4-12-25/h5,7,14H,2-4,6,8-13,15-18H2,1H3,(H2,22,23,24). The van der Waals surface area contributed by atoms with E-state index in [-0.39, 0.29) is 5.54 Å². The highest BCUT2D eigenvalue weighted by Gasteiger charge is 2.39. The van der Waals surface area contributed by atoms with Crippen LogP contribution in [0.1, 0.15) is 44.8 Å². The number of likely N-dealkylation sites (tertiary alicyclic amines) is 1. The van der Waals surface area contributed by atoms with Gasteiger partial charge in [-0.2, -0.15) is 0 Å². The monoisotopic (exact) mass is 392 g/mol. The van der Waals surface area contributed by atoms with E-state index in [2.05, 4.69) is 22.5 Å². The van der Waals surface area contributed by atoms with Gasteiger partial charge in [-0.3, -0.25) is 9.89 Å². The van der Waals surface area contributed by atoms with Crippen LogP contribution in [0.5, 0.6) is 0 Å². The minimum atomic E-state index is 0.170. The molecule has 0 amide bonds. The highest BCUT2D eigenvalue weighted by molar-refractivity contribution is 5.79. The van der Waals surface area contributed by atoms with Gasteiger partial charge in [-0.05, 0) is 64.3 Å². The van der Waals surface area contributed by atoms with Crippen LogP contribution in [0.2, 0.25) is 0 Å². The molecule has 1 aromatic heterocycles. The van der Waals surface area contributed by atoms with E-state index >= 15 is 0 Å². The fourth-order valence-electron chi connectivity index (χ4n) is 4.03. The Kier molecular flexibility index (Phi) is 8.64. The van der Waals surface area contributed by atoms with Crippen LogP contribution < -0.4 is 10.6 Å². The molecule has 0 aliphatic carbocycles. The molecular formula is C21H36N4O3. The van der Waals surface area contributed by atoms with E-state index < -0.39 is 0 Å². The van der Waals surface area contributed by atoms with Gasteiger partial charge in [0.1, 0.15) is 12.4 Å². The summed E-state index contributed by atoms with van der Waals surface area (Å²) in [7, 11) is 0. The van der Waals surface area contributed by atoms with Gasteiger partial charge in [-0.25, -0.2) is 0 Å². The molecule has 158 valence electrons. The first kappa shape index (κ1) is 21.1. The summed E-state index contributed by atoms with van der Waals surface area (Å²) < 4.78 is 16.6. The van der Waals surface area contributed by atoms with Crippen LogP contribution in [0, 0.1) is 0 Å². The number of guanidine groups is 1. The molecule has 2 fully saturated rings. The summed E-state index contributed by atoms with van der Waals surface area (Å²) in [5.41, 5.74) is 0.170. The Bertz CT molecular complexity index is 564. The lowest BCUT2D eigenvalue weighted by Gasteiger charge is -2.43. The Morgan fingerprint density at radius 1 is 1.25 bits per heavy atom. The van der Waals surface area contributed by atoms with Gasteiger partial charge < -0.3 is 24.5 Å². The van der Waals surface area contributed by atoms with Crippen LogP contribution in [-0.2, 0) is 16.1 Å². The van der Waals surface area contributed by atoms with Crippen molar-refractivity contribution in [1.29, 1.82) is 0 Å². The molecule has 28 heavy (non-hydrogen) atoms. The maximum absolute atomic E-state index is 5.64. The SMILES string of the molecule is CCNC(=NCC1(N2CCCC2)CCOCC1)NCCCOCc1ccco1. The number of furan rings is 1. The average Bonchev–Trinajstić information content (AvgIpc) is 3.44. The Morgan fingerprint density at radius 3 is 2.79 bits per heavy atom. The quantitative estimate of drug-likeness (QED) is 0.362. The van der Waals surface area contributed by atoms with Gasteiger partial charge in [0.05, 0.1) is 12.8 Å². The molecule has 1 aromatic rings. The average molecular weight is 393 g/mol. The first-order valence-electron chi connectivity index (χ1n) is 10.8. The molecular weight excluding hydrogens is 356 g/mol. The summed E-state index contributed by atoms with van der Waals surface area (Å²) in [6.45, 7) is 9.97. The van der Waals surface area contributed by atoms with Crippen molar-refractivity contribution >= 4 is 5.96 Å². The lowest BCUT2D eigenvalue weighted by atomic mass is 9.88. The summed E-state index contributed by atoms with van der Waals surface area (Å²) in [6, 6.07) is 3.81. The third-order valence-electron chi connectivity index (χ3n) is 5.66. The lowest BCUT2D eigenvalue weighted by molar-refractivity contribution is -0.0139. The van der Waals surface area contributed by atoms with E-state index in [1.54, 1.807) is 6.26 Å². The lowest BCUT2D eigenvalue weighted by Crippen LogP contribution is -2.54. The van der Waals surface area contributed by atoms with E-state index in [9.17, 15) is 0 Å². The predicted octanol–water partition coefficient (Wildman–Crippen LogP) is 2.39.